The van der Waals surface area contributed by atoms with E-state index >= 15 is 0 Å². The average molecular weight is 513 g/mol. The van der Waals surface area contributed by atoms with Gasteiger partial charge in [0.2, 0.25) is 0 Å². The van der Waals surface area contributed by atoms with Crippen LogP contribution in [0.1, 0.15) is 32.8 Å². The highest BCUT2D eigenvalue weighted by atomic mass is 32.2. The fraction of sp³-hybridized carbons (Fsp3) is 0.400. The van der Waals surface area contributed by atoms with Crippen LogP contribution in [0.2, 0.25) is 0 Å². The summed E-state index contributed by atoms with van der Waals surface area (Å²) < 4.78 is 37.4. The molecule has 0 atom stereocenters. The monoisotopic (exact) mass is 512 g/mol. The third kappa shape index (κ3) is 16.9. The predicted octanol–water partition coefficient (Wildman–Crippen LogP) is 3.11. The first-order valence-corrected chi connectivity index (χ1v) is 12.1. The molecule has 0 spiro atoms. The molecular formula is C25H36O9S. The van der Waals surface area contributed by atoms with Gasteiger partial charge in [0, 0.05) is 29.7 Å². The summed E-state index contributed by atoms with van der Waals surface area (Å²) in [6.45, 7) is 16.9. The highest BCUT2D eigenvalue weighted by Gasteiger charge is 2.15. The molecular weight excluding hydrogens is 476 g/mol. The molecule has 0 aliphatic heterocycles. The van der Waals surface area contributed by atoms with E-state index in [1.54, 1.807) is 38.1 Å². The Balaban J connectivity index is 0. The number of carbonyl (C=O) groups is 3. The molecule has 0 aliphatic carbocycles. The van der Waals surface area contributed by atoms with Crippen molar-refractivity contribution in [3.8, 4) is 0 Å². The van der Waals surface area contributed by atoms with Crippen LogP contribution in [0.5, 0.6) is 0 Å². The van der Waals surface area contributed by atoms with E-state index in [4.69, 9.17) is 9.84 Å². The van der Waals surface area contributed by atoms with Crippen molar-refractivity contribution < 1.29 is 42.1 Å². The van der Waals surface area contributed by atoms with Gasteiger partial charge in [-0.1, -0.05) is 37.4 Å². The van der Waals surface area contributed by atoms with Crippen LogP contribution in [0.25, 0.3) is 0 Å². The van der Waals surface area contributed by atoms with Crippen LogP contribution in [0.3, 0.4) is 0 Å². The van der Waals surface area contributed by atoms with Crippen LogP contribution in [0.4, 0.5) is 0 Å². The maximum atomic E-state index is 11.9. The van der Waals surface area contributed by atoms with Crippen molar-refractivity contribution in [1.82, 2.24) is 0 Å². The van der Waals surface area contributed by atoms with Gasteiger partial charge in [0.1, 0.15) is 6.61 Å². The van der Waals surface area contributed by atoms with Gasteiger partial charge in [-0.25, -0.2) is 22.8 Å². The minimum atomic E-state index is -3.41. The summed E-state index contributed by atoms with van der Waals surface area (Å²) in [5, 5.41) is 8.30. The lowest BCUT2D eigenvalue weighted by molar-refractivity contribution is -0.139. The van der Waals surface area contributed by atoms with E-state index in [2.05, 4.69) is 29.2 Å². The molecule has 1 aromatic rings. The Labute approximate surface area is 208 Å². The Kier molecular flexibility index (Phi) is 17.6. The highest BCUT2D eigenvalue weighted by molar-refractivity contribution is 7.91. The van der Waals surface area contributed by atoms with Crippen LogP contribution in [-0.2, 0) is 38.4 Å². The summed E-state index contributed by atoms with van der Waals surface area (Å²) in [5.74, 6) is -1.54. The van der Waals surface area contributed by atoms with E-state index in [0.29, 0.717) is 17.6 Å². The van der Waals surface area contributed by atoms with Gasteiger partial charge in [0.05, 0.1) is 24.4 Å². The number of aliphatic hydroxyl groups is 1. The Morgan fingerprint density at radius 2 is 1.26 bits per heavy atom. The average Bonchev–Trinajstić information content (AvgIpc) is 2.79. The van der Waals surface area contributed by atoms with Crippen molar-refractivity contribution in [2.24, 2.45) is 0 Å². The minimum absolute atomic E-state index is 0.0451. The van der Waals surface area contributed by atoms with E-state index < -0.39 is 21.8 Å². The van der Waals surface area contributed by atoms with Crippen molar-refractivity contribution in [2.45, 2.75) is 39.0 Å². The number of esters is 3. The number of carbonyl (C=O) groups excluding carboxylic acids is 3. The molecule has 0 unspecified atom stereocenters. The van der Waals surface area contributed by atoms with Gasteiger partial charge in [-0.15, -0.1) is 0 Å². The van der Waals surface area contributed by atoms with Gasteiger partial charge < -0.3 is 19.3 Å². The fourth-order valence-corrected chi connectivity index (χ4v) is 2.85. The molecule has 0 bridgehead atoms. The van der Waals surface area contributed by atoms with Crippen molar-refractivity contribution in [1.29, 1.82) is 0 Å². The number of benzene rings is 1. The second-order valence-electron chi connectivity index (χ2n) is 7.31. The standard InChI is InChI=1S/C13H16O4S.C7H12O3.C5H8O2/c1-10(2)13(14)17-8-9-18(15,16)12-6-4-11(3)5-7-12;1-6(2)7(9)10-5-3-4-8;1-4(2)5(6)7-3/h4-7H,1,8-9H2,2-3H3;8H,1,3-5H2,2H3;1H2,2-3H3. The molecule has 1 aromatic carbocycles. The van der Waals surface area contributed by atoms with Crippen LogP contribution in [0.15, 0.2) is 65.6 Å². The summed E-state index contributed by atoms with van der Waals surface area (Å²) in [7, 11) is -2.07. The number of aryl methyl sites for hydroxylation is 1. The predicted molar refractivity (Wildman–Crippen MR) is 133 cm³/mol. The first-order chi connectivity index (χ1) is 16.2. The lowest BCUT2D eigenvalue weighted by Gasteiger charge is -2.06. The molecule has 9 nitrogen and oxygen atoms in total. The number of hydrogen-bond acceptors (Lipinski definition) is 9. The van der Waals surface area contributed by atoms with Gasteiger partial charge >= 0.3 is 17.9 Å². The van der Waals surface area contributed by atoms with Crippen molar-refractivity contribution >= 4 is 27.7 Å². The first kappa shape index (κ1) is 33.9. The van der Waals surface area contributed by atoms with Crippen molar-refractivity contribution in [3.63, 3.8) is 0 Å². The van der Waals surface area contributed by atoms with Gasteiger partial charge in [-0.05, 0) is 39.8 Å². The zero-order valence-corrected chi connectivity index (χ0v) is 21.9. The van der Waals surface area contributed by atoms with E-state index in [-0.39, 0.29) is 42.0 Å². The zero-order chi connectivity index (χ0) is 27.6. The third-order valence-corrected chi connectivity index (χ3v) is 5.43. The molecule has 1 rings (SSSR count). The number of hydrogen-bond donors (Lipinski definition) is 1. The maximum absolute atomic E-state index is 11.9. The second kappa shape index (κ2) is 18.1. The molecule has 0 aliphatic rings. The Hall–Kier alpha value is -3.24. The number of methoxy groups -OCH3 is 1. The Morgan fingerprint density at radius 3 is 1.60 bits per heavy atom. The highest BCUT2D eigenvalue weighted by Crippen LogP contribution is 2.12. The molecule has 1 N–H and O–H groups in total. The molecule has 0 saturated heterocycles. The molecule has 0 radical (unpaired) electrons. The van der Waals surface area contributed by atoms with Crippen LogP contribution < -0.4 is 0 Å². The van der Waals surface area contributed by atoms with Crippen LogP contribution >= 0.6 is 0 Å². The SMILES string of the molecule is C=C(C)C(=O)OC.C=C(C)C(=O)OCCCO.C=C(C)C(=O)OCCS(=O)(=O)c1ccc(C)cc1. The largest absolute Gasteiger partial charge is 0.466 e. The quantitative estimate of drug-likeness (QED) is 0.217. The lowest BCUT2D eigenvalue weighted by atomic mass is 10.2. The number of ether oxygens (including phenoxy) is 3. The molecule has 0 fully saturated rings. The van der Waals surface area contributed by atoms with Crippen molar-refractivity contribution in [3.05, 3.63) is 66.3 Å². The topological polar surface area (TPSA) is 133 Å². The Morgan fingerprint density at radius 1 is 0.829 bits per heavy atom. The van der Waals surface area contributed by atoms with Gasteiger partial charge in [0.25, 0.3) is 0 Å². The van der Waals surface area contributed by atoms with Crippen molar-refractivity contribution in [2.75, 3.05) is 32.7 Å². The van der Waals surface area contributed by atoms with E-state index in [9.17, 15) is 22.8 Å². The lowest BCUT2D eigenvalue weighted by Crippen LogP contribution is -2.15. The second-order valence-corrected chi connectivity index (χ2v) is 9.42. The number of sulfone groups is 1. The molecule has 10 heteroatoms. The summed E-state index contributed by atoms with van der Waals surface area (Å²) >= 11 is 0. The van der Waals surface area contributed by atoms with Gasteiger partial charge in [-0.3, -0.25) is 0 Å². The molecule has 0 saturated carbocycles. The fourth-order valence-electron chi connectivity index (χ4n) is 1.76. The smallest absolute Gasteiger partial charge is 0.333 e. The Bertz CT molecular complexity index is 975. The minimum Gasteiger partial charge on any atom is -0.466 e. The van der Waals surface area contributed by atoms with Crippen LogP contribution in [0, 0.1) is 6.92 Å². The maximum Gasteiger partial charge on any atom is 0.333 e. The molecule has 0 amide bonds. The third-order valence-electron chi connectivity index (χ3n) is 3.73. The number of rotatable bonds is 10. The summed E-state index contributed by atoms with van der Waals surface area (Å²) in [6.07, 6.45) is 0.485. The van der Waals surface area contributed by atoms with E-state index in [1.165, 1.54) is 14.0 Å². The van der Waals surface area contributed by atoms with E-state index in [0.717, 1.165) is 5.56 Å². The van der Waals surface area contributed by atoms with Gasteiger partial charge in [0.15, 0.2) is 9.84 Å². The molecule has 0 aromatic heterocycles. The molecule has 35 heavy (non-hydrogen) atoms. The normalized spacial score (nSPS) is 9.77. The summed E-state index contributed by atoms with van der Waals surface area (Å²) in [4.78, 5) is 32.1. The zero-order valence-electron chi connectivity index (χ0n) is 21.1. The summed E-state index contributed by atoms with van der Waals surface area (Å²) in [5.41, 5.74) is 2.06. The van der Waals surface area contributed by atoms with Gasteiger partial charge in [-0.2, -0.15) is 0 Å². The van der Waals surface area contributed by atoms with Crippen LogP contribution in [-0.4, -0.2) is 64.1 Å². The van der Waals surface area contributed by atoms with E-state index in [1.807, 2.05) is 6.92 Å². The first-order valence-electron chi connectivity index (χ1n) is 10.5. The number of aliphatic hydroxyl groups excluding tert-OH is 1. The molecule has 196 valence electrons. The molecule has 0 heterocycles. The summed E-state index contributed by atoms with van der Waals surface area (Å²) in [6, 6.07) is 6.55.